The molecule has 2 aromatic carbocycles. The molecular formula is C16H17ClN2O. The minimum absolute atomic E-state index is 0.251. The molecular weight excluding hydrogens is 272 g/mol. The van der Waals surface area contributed by atoms with E-state index in [1.165, 1.54) is 5.56 Å². The van der Waals surface area contributed by atoms with Crippen molar-refractivity contribution in [2.75, 3.05) is 5.73 Å². The summed E-state index contributed by atoms with van der Waals surface area (Å²) >= 11 is 6.02. The average Bonchev–Trinajstić information content (AvgIpc) is 2.45. The molecule has 0 aromatic heterocycles. The average molecular weight is 289 g/mol. The van der Waals surface area contributed by atoms with Crippen LogP contribution in [-0.2, 0) is 13.0 Å². The number of aryl methyl sites for hydroxylation is 1. The molecule has 0 radical (unpaired) electrons. The lowest BCUT2D eigenvalue weighted by Crippen LogP contribution is -2.24. The summed E-state index contributed by atoms with van der Waals surface area (Å²) in [5, 5.41) is 3.24. The Labute approximate surface area is 123 Å². The smallest absolute Gasteiger partial charge is 0.255 e. The third-order valence-corrected chi connectivity index (χ3v) is 3.53. The lowest BCUT2D eigenvalue weighted by molar-refractivity contribution is 0.0952. The van der Waals surface area contributed by atoms with Crippen molar-refractivity contribution in [1.29, 1.82) is 0 Å². The molecule has 0 bridgehead atoms. The van der Waals surface area contributed by atoms with Crippen LogP contribution in [0, 0.1) is 0 Å². The van der Waals surface area contributed by atoms with Gasteiger partial charge in [0.2, 0.25) is 0 Å². The van der Waals surface area contributed by atoms with E-state index >= 15 is 0 Å². The SMILES string of the molecule is CCc1ccccc1CNC(=O)c1c(N)cccc1Cl. The maximum Gasteiger partial charge on any atom is 0.255 e. The second-order valence-electron chi connectivity index (χ2n) is 4.51. The van der Waals surface area contributed by atoms with Gasteiger partial charge < -0.3 is 11.1 Å². The Balaban J connectivity index is 2.13. The molecule has 0 saturated carbocycles. The summed E-state index contributed by atoms with van der Waals surface area (Å²) in [4.78, 5) is 12.2. The molecule has 0 aliphatic heterocycles. The van der Waals surface area contributed by atoms with Gasteiger partial charge in [0.25, 0.3) is 5.91 Å². The van der Waals surface area contributed by atoms with E-state index in [1.54, 1.807) is 18.2 Å². The number of nitrogens with one attached hydrogen (secondary N) is 1. The molecule has 2 aromatic rings. The number of amides is 1. The van der Waals surface area contributed by atoms with Gasteiger partial charge in [-0.1, -0.05) is 48.9 Å². The third-order valence-electron chi connectivity index (χ3n) is 3.21. The molecule has 2 rings (SSSR count). The summed E-state index contributed by atoms with van der Waals surface area (Å²) < 4.78 is 0. The minimum Gasteiger partial charge on any atom is -0.398 e. The normalized spacial score (nSPS) is 10.3. The molecule has 0 atom stereocenters. The summed E-state index contributed by atoms with van der Waals surface area (Å²) in [5.41, 5.74) is 8.85. The fraction of sp³-hybridized carbons (Fsp3) is 0.188. The summed E-state index contributed by atoms with van der Waals surface area (Å²) in [6.45, 7) is 2.56. The number of hydrogen-bond donors (Lipinski definition) is 2. The van der Waals surface area contributed by atoms with Crippen LogP contribution in [0.5, 0.6) is 0 Å². The number of benzene rings is 2. The molecule has 20 heavy (non-hydrogen) atoms. The highest BCUT2D eigenvalue weighted by Crippen LogP contribution is 2.21. The van der Waals surface area contributed by atoms with Gasteiger partial charge in [0, 0.05) is 12.2 Å². The fourth-order valence-corrected chi connectivity index (χ4v) is 2.39. The predicted octanol–water partition coefficient (Wildman–Crippen LogP) is 3.41. The fourth-order valence-electron chi connectivity index (χ4n) is 2.12. The molecule has 0 unspecified atom stereocenters. The number of nitrogen functional groups attached to an aromatic ring is 1. The predicted molar refractivity (Wildman–Crippen MR) is 82.9 cm³/mol. The number of carbonyl (C=O) groups is 1. The summed E-state index contributed by atoms with van der Waals surface area (Å²) in [7, 11) is 0. The van der Waals surface area contributed by atoms with Crippen LogP contribution in [0.15, 0.2) is 42.5 Å². The van der Waals surface area contributed by atoms with Crippen LogP contribution in [0.25, 0.3) is 0 Å². The van der Waals surface area contributed by atoms with Crippen molar-refractivity contribution in [3.8, 4) is 0 Å². The Kier molecular flexibility index (Phi) is 4.64. The number of hydrogen-bond acceptors (Lipinski definition) is 2. The van der Waals surface area contributed by atoms with Crippen molar-refractivity contribution in [3.63, 3.8) is 0 Å². The Hall–Kier alpha value is -2.00. The second kappa shape index (κ2) is 6.44. The quantitative estimate of drug-likeness (QED) is 0.847. The molecule has 3 N–H and O–H groups in total. The molecule has 0 spiro atoms. The number of halogens is 1. The van der Waals surface area contributed by atoms with Gasteiger partial charge in [-0.25, -0.2) is 0 Å². The summed E-state index contributed by atoms with van der Waals surface area (Å²) in [6.07, 6.45) is 0.931. The molecule has 4 heteroatoms. The van der Waals surface area contributed by atoms with Crippen LogP contribution >= 0.6 is 11.6 Å². The highest BCUT2D eigenvalue weighted by atomic mass is 35.5. The first-order valence-electron chi connectivity index (χ1n) is 6.52. The molecule has 0 heterocycles. The maximum atomic E-state index is 12.2. The van der Waals surface area contributed by atoms with E-state index < -0.39 is 0 Å². The zero-order valence-electron chi connectivity index (χ0n) is 11.3. The van der Waals surface area contributed by atoms with Gasteiger partial charge in [0.1, 0.15) is 0 Å². The molecule has 0 aliphatic carbocycles. The zero-order valence-corrected chi connectivity index (χ0v) is 12.1. The standard InChI is InChI=1S/C16H17ClN2O/c1-2-11-6-3-4-7-12(11)10-19-16(20)15-13(17)8-5-9-14(15)18/h3-9H,2,10,18H2,1H3,(H,19,20). The first-order valence-corrected chi connectivity index (χ1v) is 6.90. The molecule has 3 nitrogen and oxygen atoms in total. The highest BCUT2D eigenvalue weighted by molar-refractivity contribution is 6.34. The van der Waals surface area contributed by atoms with Crippen LogP contribution in [0.2, 0.25) is 5.02 Å². The number of nitrogens with two attached hydrogens (primary N) is 1. The van der Waals surface area contributed by atoms with Crippen LogP contribution in [0.4, 0.5) is 5.69 Å². The van der Waals surface area contributed by atoms with Gasteiger partial charge >= 0.3 is 0 Å². The molecule has 0 aliphatic rings. The van der Waals surface area contributed by atoms with E-state index in [4.69, 9.17) is 17.3 Å². The maximum absolute atomic E-state index is 12.2. The molecule has 1 amide bonds. The van der Waals surface area contributed by atoms with Crippen molar-refractivity contribution < 1.29 is 4.79 Å². The minimum atomic E-state index is -0.251. The van der Waals surface area contributed by atoms with E-state index in [0.717, 1.165) is 12.0 Å². The molecule has 0 saturated heterocycles. The van der Waals surface area contributed by atoms with Gasteiger partial charge in [-0.05, 0) is 29.7 Å². The van der Waals surface area contributed by atoms with Crippen molar-refractivity contribution in [2.45, 2.75) is 19.9 Å². The summed E-state index contributed by atoms with van der Waals surface area (Å²) in [6, 6.07) is 13.1. The Morgan fingerprint density at radius 2 is 1.85 bits per heavy atom. The first-order chi connectivity index (χ1) is 9.63. The Morgan fingerprint density at radius 1 is 1.15 bits per heavy atom. The topological polar surface area (TPSA) is 55.1 Å². The van der Waals surface area contributed by atoms with Gasteiger partial charge in [0.05, 0.1) is 10.6 Å². The van der Waals surface area contributed by atoms with Crippen molar-refractivity contribution in [1.82, 2.24) is 5.32 Å². The van der Waals surface area contributed by atoms with Gasteiger partial charge in [0.15, 0.2) is 0 Å². The van der Waals surface area contributed by atoms with Crippen molar-refractivity contribution in [2.24, 2.45) is 0 Å². The van der Waals surface area contributed by atoms with E-state index in [0.29, 0.717) is 22.8 Å². The lowest BCUT2D eigenvalue weighted by atomic mass is 10.1. The monoisotopic (exact) mass is 288 g/mol. The van der Waals surface area contributed by atoms with E-state index in [2.05, 4.69) is 18.3 Å². The van der Waals surface area contributed by atoms with Crippen LogP contribution in [0.3, 0.4) is 0 Å². The largest absolute Gasteiger partial charge is 0.398 e. The van der Waals surface area contributed by atoms with E-state index in [-0.39, 0.29) is 5.91 Å². The van der Waals surface area contributed by atoms with E-state index in [1.807, 2.05) is 18.2 Å². The highest BCUT2D eigenvalue weighted by Gasteiger charge is 2.13. The number of anilines is 1. The first kappa shape index (κ1) is 14.4. The Morgan fingerprint density at radius 3 is 2.50 bits per heavy atom. The summed E-state index contributed by atoms with van der Waals surface area (Å²) in [5.74, 6) is -0.251. The lowest BCUT2D eigenvalue weighted by Gasteiger charge is -2.11. The zero-order chi connectivity index (χ0) is 14.5. The molecule has 0 fully saturated rings. The number of carbonyl (C=O) groups excluding carboxylic acids is 1. The second-order valence-corrected chi connectivity index (χ2v) is 4.92. The third kappa shape index (κ3) is 3.11. The molecule has 104 valence electrons. The van der Waals surface area contributed by atoms with Crippen LogP contribution < -0.4 is 11.1 Å². The van der Waals surface area contributed by atoms with Gasteiger partial charge in [-0.15, -0.1) is 0 Å². The number of rotatable bonds is 4. The van der Waals surface area contributed by atoms with Gasteiger partial charge in [-0.2, -0.15) is 0 Å². The van der Waals surface area contributed by atoms with E-state index in [9.17, 15) is 4.79 Å². The van der Waals surface area contributed by atoms with Crippen LogP contribution in [-0.4, -0.2) is 5.91 Å². The van der Waals surface area contributed by atoms with Gasteiger partial charge in [-0.3, -0.25) is 4.79 Å². The van der Waals surface area contributed by atoms with Crippen molar-refractivity contribution >= 4 is 23.2 Å². The van der Waals surface area contributed by atoms with Crippen molar-refractivity contribution in [3.05, 3.63) is 64.2 Å². The Bertz CT molecular complexity index is 605. The van der Waals surface area contributed by atoms with Crippen LogP contribution in [0.1, 0.15) is 28.4 Å².